The fraction of sp³-hybridized carbons (Fsp3) is 0.222. The lowest BCUT2D eigenvalue weighted by Gasteiger charge is -2.21. The van der Waals surface area contributed by atoms with Gasteiger partial charge in [-0.2, -0.15) is 5.11 Å². The first-order valence-corrected chi connectivity index (χ1v) is 8.29. The zero-order chi connectivity index (χ0) is 17.6. The van der Waals surface area contributed by atoms with Gasteiger partial charge in [0.05, 0.1) is 17.3 Å². The van der Waals surface area contributed by atoms with Crippen LogP contribution in [0.15, 0.2) is 58.9 Å². The SMILES string of the molecule is Cc1cccc(CN2N=N[C@H]3C(=O)N(c4ccccc4Cl)C(=O)[C@H]32)c1. The van der Waals surface area contributed by atoms with Gasteiger partial charge < -0.3 is 0 Å². The summed E-state index contributed by atoms with van der Waals surface area (Å²) < 4.78 is 0. The van der Waals surface area contributed by atoms with Crippen LogP contribution in [0.3, 0.4) is 0 Å². The van der Waals surface area contributed by atoms with Crippen LogP contribution in [0, 0.1) is 6.92 Å². The minimum Gasteiger partial charge on any atom is -0.271 e. The summed E-state index contributed by atoms with van der Waals surface area (Å²) in [7, 11) is 0. The molecule has 0 aromatic heterocycles. The van der Waals surface area contributed by atoms with Gasteiger partial charge in [0.2, 0.25) is 0 Å². The van der Waals surface area contributed by atoms with E-state index < -0.39 is 18.0 Å². The number of hydrogen-bond acceptors (Lipinski definition) is 5. The molecule has 7 heteroatoms. The van der Waals surface area contributed by atoms with Gasteiger partial charge in [0.15, 0.2) is 12.1 Å². The lowest BCUT2D eigenvalue weighted by atomic mass is 10.1. The molecule has 0 aliphatic carbocycles. The number of benzene rings is 2. The second kappa shape index (κ2) is 5.97. The van der Waals surface area contributed by atoms with Crippen LogP contribution in [0.25, 0.3) is 0 Å². The van der Waals surface area contributed by atoms with E-state index >= 15 is 0 Å². The van der Waals surface area contributed by atoms with E-state index in [9.17, 15) is 9.59 Å². The molecule has 2 aromatic carbocycles. The molecule has 2 aliphatic heterocycles. The summed E-state index contributed by atoms with van der Waals surface area (Å²) in [6.07, 6.45) is 0. The number of halogens is 1. The third-order valence-electron chi connectivity index (χ3n) is 4.38. The number of aryl methyl sites for hydroxylation is 1. The van der Waals surface area contributed by atoms with Crippen LogP contribution >= 0.6 is 11.6 Å². The minimum absolute atomic E-state index is 0.347. The first-order valence-electron chi connectivity index (χ1n) is 7.91. The fourth-order valence-electron chi connectivity index (χ4n) is 3.22. The number of amides is 2. The first kappa shape index (κ1) is 15.8. The predicted molar refractivity (Wildman–Crippen MR) is 93.1 cm³/mol. The quantitative estimate of drug-likeness (QED) is 0.795. The van der Waals surface area contributed by atoms with Gasteiger partial charge in [-0.05, 0) is 24.6 Å². The summed E-state index contributed by atoms with van der Waals surface area (Å²) in [6.45, 7) is 2.42. The number of hydrogen-bond donors (Lipinski definition) is 0. The maximum absolute atomic E-state index is 12.9. The average Bonchev–Trinajstić information content (AvgIpc) is 3.10. The number of para-hydroxylation sites is 1. The Bertz CT molecular complexity index is 898. The molecule has 0 radical (unpaired) electrons. The predicted octanol–water partition coefficient (Wildman–Crippen LogP) is 3.14. The second-order valence-corrected chi connectivity index (χ2v) is 6.55. The molecule has 2 heterocycles. The van der Waals surface area contributed by atoms with Crippen LogP contribution in [0.4, 0.5) is 5.69 Å². The van der Waals surface area contributed by atoms with Crippen molar-refractivity contribution in [2.75, 3.05) is 4.90 Å². The van der Waals surface area contributed by atoms with Crippen molar-refractivity contribution in [1.29, 1.82) is 0 Å². The van der Waals surface area contributed by atoms with Crippen LogP contribution in [0.1, 0.15) is 11.1 Å². The van der Waals surface area contributed by atoms with E-state index in [0.29, 0.717) is 17.3 Å². The highest BCUT2D eigenvalue weighted by molar-refractivity contribution is 6.36. The zero-order valence-electron chi connectivity index (χ0n) is 13.5. The Kier molecular flexibility index (Phi) is 3.77. The van der Waals surface area contributed by atoms with Gasteiger partial charge in [-0.3, -0.25) is 14.6 Å². The van der Waals surface area contributed by atoms with Crippen molar-refractivity contribution in [1.82, 2.24) is 5.01 Å². The molecule has 2 aliphatic rings. The van der Waals surface area contributed by atoms with Crippen LogP contribution in [-0.2, 0) is 16.1 Å². The van der Waals surface area contributed by atoms with Crippen molar-refractivity contribution in [3.05, 3.63) is 64.7 Å². The van der Waals surface area contributed by atoms with Crippen molar-refractivity contribution < 1.29 is 9.59 Å². The fourth-order valence-corrected chi connectivity index (χ4v) is 3.44. The summed E-state index contributed by atoms with van der Waals surface area (Å²) in [4.78, 5) is 26.7. The first-order chi connectivity index (χ1) is 12.1. The van der Waals surface area contributed by atoms with Gasteiger partial charge in [-0.15, -0.1) is 0 Å². The number of rotatable bonds is 3. The number of imide groups is 1. The molecule has 0 bridgehead atoms. The van der Waals surface area contributed by atoms with Gasteiger partial charge in [0.1, 0.15) is 0 Å². The van der Waals surface area contributed by atoms with E-state index in [0.717, 1.165) is 16.0 Å². The molecule has 2 aromatic rings. The number of carbonyl (C=O) groups is 2. The second-order valence-electron chi connectivity index (χ2n) is 6.14. The van der Waals surface area contributed by atoms with Crippen molar-refractivity contribution in [2.24, 2.45) is 10.3 Å². The molecule has 2 atom stereocenters. The third kappa shape index (κ3) is 2.59. The van der Waals surface area contributed by atoms with E-state index in [1.807, 2.05) is 31.2 Å². The summed E-state index contributed by atoms with van der Waals surface area (Å²) in [5.41, 5.74) is 2.52. The summed E-state index contributed by atoms with van der Waals surface area (Å²) in [6, 6.07) is 13.2. The standard InChI is InChI=1S/C18H15ClN4O2/c1-11-5-4-6-12(9-11)10-22-16-15(20-21-22)17(24)23(18(16)25)14-8-3-2-7-13(14)19/h2-9,15-16H,10H2,1H3/t15-,16+/m1/s1. The molecule has 1 saturated heterocycles. The molecular weight excluding hydrogens is 340 g/mol. The zero-order valence-corrected chi connectivity index (χ0v) is 14.2. The van der Waals surface area contributed by atoms with E-state index in [1.54, 1.807) is 29.3 Å². The number of nitrogens with zero attached hydrogens (tertiary/aromatic N) is 4. The third-order valence-corrected chi connectivity index (χ3v) is 4.70. The van der Waals surface area contributed by atoms with Crippen molar-refractivity contribution in [3.8, 4) is 0 Å². The van der Waals surface area contributed by atoms with Gasteiger partial charge in [-0.1, -0.05) is 58.8 Å². The molecule has 1 fully saturated rings. The van der Waals surface area contributed by atoms with Gasteiger partial charge in [-0.25, -0.2) is 4.90 Å². The van der Waals surface area contributed by atoms with E-state index in [4.69, 9.17) is 11.6 Å². The normalized spacial score (nSPS) is 22.0. The Hall–Kier alpha value is -2.73. The maximum Gasteiger partial charge on any atom is 0.263 e. The Morgan fingerprint density at radius 2 is 1.88 bits per heavy atom. The molecule has 2 amide bonds. The van der Waals surface area contributed by atoms with Gasteiger partial charge in [0, 0.05) is 0 Å². The molecule has 126 valence electrons. The highest BCUT2D eigenvalue weighted by Gasteiger charge is 2.55. The molecule has 0 unspecified atom stereocenters. The van der Waals surface area contributed by atoms with E-state index in [1.165, 1.54) is 0 Å². The van der Waals surface area contributed by atoms with Crippen LogP contribution in [0.2, 0.25) is 5.02 Å². The molecule has 25 heavy (non-hydrogen) atoms. The molecule has 0 spiro atoms. The number of fused-ring (bicyclic) bond motifs is 1. The molecule has 4 rings (SSSR count). The Balaban J connectivity index is 1.63. The van der Waals surface area contributed by atoms with Gasteiger partial charge in [0.25, 0.3) is 11.8 Å². The Morgan fingerprint density at radius 1 is 1.08 bits per heavy atom. The lowest BCUT2D eigenvalue weighted by Crippen LogP contribution is -2.39. The summed E-state index contributed by atoms with van der Waals surface area (Å²) in [5, 5.41) is 10.0. The van der Waals surface area contributed by atoms with E-state index in [2.05, 4.69) is 10.3 Å². The topological polar surface area (TPSA) is 65.3 Å². The molecule has 6 nitrogen and oxygen atoms in total. The maximum atomic E-state index is 12.9. The van der Waals surface area contributed by atoms with E-state index in [-0.39, 0.29) is 5.91 Å². The highest BCUT2D eigenvalue weighted by Crippen LogP contribution is 2.35. The van der Waals surface area contributed by atoms with Crippen molar-refractivity contribution in [3.63, 3.8) is 0 Å². The van der Waals surface area contributed by atoms with Crippen molar-refractivity contribution >= 4 is 29.1 Å². The molecule has 0 saturated carbocycles. The van der Waals surface area contributed by atoms with Crippen LogP contribution < -0.4 is 4.90 Å². The van der Waals surface area contributed by atoms with Crippen LogP contribution in [0.5, 0.6) is 0 Å². The summed E-state index contributed by atoms with van der Waals surface area (Å²) in [5.74, 6) is -0.737. The number of anilines is 1. The van der Waals surface area contributed by atoms with Gasteiger partial charge >= 0.3 is 0 Å². The molecule has 0 N–H and O–H groups in total. The summed E-state index contributed by atoms with van der Waals surface area (Å²) >= 11 is 6.16. The monoisotopic (exact) mass is 354 g/mol. The Morgan fingerprint density at radius 3 is 2.64 bits per heavy atom. The Labute approximate surface area is 149 Å². The smallest absolute Gasteiger partial charge is 0.263 e. The number of carbonyl (C=O) groups excluding carboxylic acids is 2. The van der Waals surface area contributed by atoms with Crippen LogP contribution in [-0.4, -0.2) is 28.9 Å². The minimum atomic E-state index is -0.811. The average molecular weight is 355 g/mol. The highest BCUT2D eigenvalue weighted by atomic mass is 35.5. The largest absolute Gasteiger partial charge is 0.271 e. The lowest BCUT2D eigenvalue weighted by molar-refractivity contribution is -0.123. The molecular formula is C18H15ClN4O2. The van der Waals surface area contributed by atoms with Crippen molar-refractivity contribution in [2.45, 2.75) is 25.6 Å².